The van der Waals surface area contributed by atoms with Crippen molar-refractivity contribution in [3.8, 4) is 5.75 Å². The molecule has 1 saturated carbocycles. The highest BCUT2D eigenvalue weighted by Crippen LogP contribution is 2.40. The van der Waals surface area contributed by atoms with E-state index < -0.39 is 17.8 Å². The third-order valence-electron chi connectivity index (χ3n) is 6.13. The molecule has 4 amide bonds. The molecule has 31 heavy (non-hydrogen) atoms. The Bertz CT molecular complexity index is 906. The summed E-state index contributed by atoms with van der Waals surface area (Å²) >= 11 is 0. The molecule has 6 heteroatoms. The number of barbiturate groups is 1. The number of phenols is 1. The highest BCUT2D eigenvalue weighted by molar-refractivity contribution is 6.31. The summed E-state index contributed by atoms with van der Waals surface area (Å²) < 4.78 is 0. The highest BCUT2D eigenvalue weighted by atomic mass is 16.3. The molecule has 1 saturated heterocycles. The molecular weight excluding hydrogens is 392 g/mol. The third kappa shape index (κ3) is 4.68. The summed E-state index contributed by atoms with van der Waals surface area (Å²) in [5.74, 6) is -0.978. The van der Waals surface area contributed by atoms with Gasteiger partial charge in [0.15, 0.2) is 0 Å². The van der Waals surface area contributed by atoms with Crippen LogP contribution >= 0.6 is 0 Å². The van der Waals surface area contributed by atoms with Crippen LogP contribution < -0.4 is 5.32 Å². The average molecular weight is 427 g/mol. The number of nitrogens with zero attached hydrogens (tertiary/aromatic N) is 1. The predicted octanol–water partition coefficient (Wildman–Crippen LogP) is 4.78. The van der Waals surface area contributed by atoms with Gasteiger partial charge in [-0.05, 0) is 47.4 Å². The fraction of sp³-hybridized carbons (Fsp3) is 0.560. The number of carbonyl (C=O) groups excluding carboxylic acids is 3. The molecule has 0 bridgehead atoms. The number of aromatic hydroxyl groups is 1. The Morgan fingerprint density at radius 1 is 0.935 bits per heavy atom. The summed E-state index contributed by atoms with van der Waals surface area (Å²) in [5.41, 5.74) is 1.44. The van der Waals surface area contributed by atoms with Crippen LogP contribution in [0.3, 0.4) is 0 Å². The van der Waals surface area contributed by atoms with Gasteiger partial charge >= 0.3 is 6.03 Å². The van der Waals surface area contributed by atoms with Crippen LogP contribution in [-0.2, 0) is 20.4 Å². The molecule has 2 aliphatic rings. The maximum absolute atomic E-state index is 13.2. The van der Waals surface area contributed by atoms with E-state index in [4.69, 9.17) is 0 Å². The first kappa shape index (κ1) is 23.0. The first-order chi connectivity index (χ1) is 14.3. The molecule has 1 aromatic rings. The Morgan fingerprint density at radius 2 is 1.45 bits per heavy atom. The molecule has 168 valence electrons. The van der Waals surface area contributed by atoms with E-state index in [2.05, 4.69) is 5.32 Å². The first-order valence-electron chi connectivity index (χ1n) is 11.1. The lowest BCUT2D eigenvalue weighted by atomic mass is 9.78. The van der Waals surface area contributed by atoms with Gasteiger partial charge in [-0.3, -0.25) is 19.8 Å². The minimum absolute atomic E-state index is 0.0458. The normalized spacial score (nSPS) is 20.4. The second kappa shape index (κ2) is 8.13. The van der Waals surface area contributed by atoms with Gasteiger partial charge in [0.25, 0.3) is 11.8 Å². The first-order valence-corrected chi connectivity index (χ1v) is 11.1. The molecule has 0 spiro atoms. The summed E-state index contributed by atoms with van der Waals surface area (Å²) in [4.78, 5) is 39.5. The zero-order valence-corrected chi connectivity index (χ0v) is 19.5. The number of carbonyl (C=O) groups is 3. The molecule has 0 atom stereocenters. The zero-order chi connectivity index (χ0) is 23.1. The number of hydrogen-bond donors (Lipinski definition) is 2. The molecule has 1 aromatic carbocycles. The Morgan fingerprint density at radius 3 is 1.94 bits per heavy atom. The Kier molecular flexibility index (Phi) is 6.05. The van der Waals surface area contributed by atoms with Crippen LogP contribution in [0.2, 0.25) is 0 Å². The van der Waals surface area contributed by atoms with Crippen LogP contribution in [0.25, 0.3) is 6.08 Å². The number of urea groups is 1. The van der Waals surface area contributed by atoms with Gasteiger partial charge in [0.05, 0.1) is 0 Å². The predicted molar refractivity (Wildman–Crippen MR) is 121 cm³/mol. The minimum Gasteiger partial charge on any atom is -0.507 e. The van der Waals surface area contributed by atoms with Gasteiger partial charge in [0.1, 0.15) is 11.3 Å². The molecule has 0 radical (unpaired) electrons. The molecule has 1 heterocycles. The zero-order valence-electron chi connectivity index (χ0n) is 19.5. The highest BCUT2D eigenvalue weighted by Gasteiger charge is 2.40. The second-order valence-corrected chi connectivity index (χ2v) is 10.7. The van der Waals surface area contributed by atoms with Crippen molar-refractivity contribution in [2.24, 2.45) is 0 Å². The van der Waals surface area contributed by atoms with E-state index in [9.17, 15) is 19.5 Å². The van der Waals surface area contributed by atoms with Crippen LogP contribution in [0.15, 0.2) is 17.7 Å². The van der Waals surface area contributed by atoms with E-state index in [1.807, 2.05) is 53.7 Å². The lowest BCUT2D eigenvalue weighted by molar-refractivity contribution is -0.132. The lowest BCUT2D eigenvalue weighted by Crippen LogP contribution is -2.58. The average Bonchev–Trinajstić information content (AvgIpc) is 2.65. The van der Waals surface area contributed by atoms with Crippen LogP contribution in [-0.4, -0.2) is 33.9 Å². The maximum atomic E-state index is 13.2. The van der Waals surface area contributed by atoms with Gasteiger partial charge in [0.2, 0.25) is 0 Å². The molecule has 1 aliphatic heterocycles. The van der Waals surface area contributed by atoms with Gasteiger partial charge in [0, 0.05) is 17.2 Å². The molecule has 6 nitrogen and oxygen atoms in total. The van der Waals surface area contributed by atoms with Crippen LogP contribution in [0, 0.1) is 0 Å². The van der Waals surface area contributed by atoms with E-state index in [1.54, 1.807) is 6.08 Å². The van der Waals surface area contributed by atoms with Crippen molar-refractivity contribution >= 4 is 23.9 Å². The summed E-state index contributed by atoms with van der Waals surface area (Å²) in [6.45, 7) is 12.0. The standard InChI is InChI=1S/C25H34N2O4/c1-24(2,3)18-13-15(14-19(20(18)28)25(4,5)6)12-17-21(29)26-23(31)27(22(17)30)16-10-8-7-9-11-16/h12-14,16,28H,7-11H2,1-6H3,(H,26,29,31). The van der Waals surface area contributed by atoms with Crippen molar-refractivity contribution in [2.75, 3.05) is 0 Å². The Labute approximate surface area is 184 Å². The van der Waals surface area contributed by atoms with E-state index >= 15 is 0 Å². The van der Waals surface area contributed by atoms with Crippen molar-refractivity contribution in [1.82, 2.24) is 10.2 Å². The van der Waals surface area contributed by atoms with Gasteiger partial charge in [-0.2, -0.15) is 0 Å². The van der Waals surface area contributed by atoms with E-state index in [0.717, 1.165) is 43.2 Å². The number of benzene rings is 1. The summed E-state index contributed by atoms with van der Waals surface area (Å²) in [6.07, 6.45) is 6.11. The third-order valence-corrected chi connectivity index (χ3v) is 6.13. The SMILES string of the molecule is CC(C)(C)c1cc(C=C2C(=O)NC(=O)N(C3CCCCC3)C2=O)cc(C(C)(C)C)c1O. The number of phenolic OH excluding ortho intramolecular Hbond substituents is 1. The van der Waals surface area contributed by atoms with Gasteiger partial charge in [-0.25, -0.2) is 4.79 Å². The van der Waals surface area contributed by atoms with Gasteiger partial charge in [-0.1, -0.05) is 60.8 Å². The van der Waals surface area contributed by atoms with Crippen molar-refractivity contribution < 1.29 is 19.5 Å². The number of amides is 4. The number of hydrogen-bond acceptors (Lipinski definition) is 4. The minimum atomic E-state index is -0.676. The van der Waals surface area contributed by atoms with E-state index in [1.165, 1.54) is 4.90 Å². The molecule has 0 unspecified atom stereocenters. The number of rotatable bonds is 2. The van der Waals surface area contributed by atoms with Crippen molar-refractivity contribution in [2.45, 2.75) is 90.5 Å². The van der Waals surface area contributed by atoms with Crippen LogP contribution in [0.5, 0.6) is 5.75 Å². The Balaban J connectivity index is 2.09. The summed E-state index contributed by atoms with van der Waals surface area (Å²) in [5, 5.41) is 13.3. The molecule has 1 aliphatic carbocycles. The van der Waals surface area contributed by atoms with Gasteiger partial charge in [-0.15, -0.1) is 0 Å². The summed E-state index contributed by atoms with van der Waals surface area (Å²) in [7, 11) is 0. The molecule has 2 fully saturated rings. The molecule has 0 aromatic heterocycles. The molecular formula is C25H34N2O4. The summed E-state index contributed by atoms with van der Waals surface area (Å²) in [6, 6.07) is 2.84. The number of nitrogens with one attached hydrogen (secondary N) is 1. The van der Waals surface area contributed by atoms with Crippen molar-refractivity contribution in [3.63, 3.8) is 0 Å². The number of imide groups is 2. The Hall–Kier alpha value is -2.63. The van der Waals surface area contributed by atoms with E-state index in [0.29, 0.717) is 5.56 Å². The van der Waals surface area contributed by atoms with Crippen molar-refractivity contribution in [1.29, 1.82) is 0 Å². The molecule has 3 rings (SSSR count). The van der Waals surface area contributed by atoms with Crippen molar-refractivity contribution in [3.05, 3.63) is 34.4 Å². The monoisotopic (exact) mass is 426 g/mol. The largest absolute Gasteiger partial charge is 0.507 e. The topological polar surface area (TPSA) is 86.7 Å². The van der Waals surface area contributed by atoms with E-state index in [-0.39, 0.29) is 28.2 Å². The van der Waals surface area contributed by atoms with Crippen LogP contribution in [0.1, 0.15) is 90.3 Å². The fourth-order valence-electron chi connectivity index (χ4n) is 4.39. The smallest absolute Gasteiger partial charge is 0.331 e. The van der Waals surface area contributed by atoms with Gasteiger partial charge < -0.3 is 5.11 Å². The lowest BCUT2D eigenvalue weighted by Gasteiger charge is -2.35. The second-order valence-electron chi connectivity index (χ2n) is 10.7. The quantitative estimate of drug-likeness (QED) is 0.526. The van der Waals surface area contributed by atoms with Crippen LogP contribution in [0.4, 0.5) is 4.79 Å². The molecule has 2 N–H and O–H groups in total. The maximum Gasteiger partial charge on any atom is 0.331 e. The fourth-order valence-corrected chi connectivity index (χ4v) is 4.39.